The average molecular weight is 283 g/mol. The van der Waals surface area contributed by atoms with Gasteiger partial charge in [-0.05, 0) is 31.0 Å². The zero-order valence-electron chi connectivity index (χ0n) is 12.6. The fourth-order valence-corrected chi connectivity index (χ4v) is 2.16. The third-order valence-electron chi connectivity index (χ3n) is 3.22. The molecule has 0 saturated carbocycles. The summed E-state index contributed by atoms with van der Waals surface area (Å²) in [7, 11) is 0. The van der Waals surface area contributed by atoms with E-state index >= 15 is 0 Å². The van der Waals surface area contributed by atoms with Gasteiger partial charge in [0.2, 0.25) is 5.91 Å². The Morgan fingerprint density at radius 3 is 2.57 bits per heavy atom. The molecule has 2 aromatic carbocycles. The van der Waals surface area contributed by atoms with Gasteiger partial charge >= 0.3 is 0 Å². The first kappa shape index (κ1) is 15.1. The molecular formula is C18H21NO2. The Bertz CT molecular complexity index is 593. The van der Waals surface area contributed by atoms with Gasteiger partial charge in [0.25, 0.3) is 0 Å². The van der Waals surface area contributed by atoms with Crippen LogP contribution in [0.3, 0.4) is 0 Å². The highest BCUT2D eigenvalue weighted by Crippen LogP contribution is 2.18. The Balaban J connectivity index is 1.71. The normalized spacial score (nSPS) is 10.2. The van der Waals surface area contributed by atoms with E-state index in [9.17, 15) is 4.79 Å². The zero-order valence-corrected chi connectivity index (χ0v) is 12.6. The van der Waals surface area contributed by atoms with Crippen molar-refractivity contribution in [2.24, 2.45) is 0 Å². The molecule has 2 aromatic rings. The largest absolute Gasteiger partial charge is 0.491 e. The molecule has 0 fully saturated rings. The molecule has 0 aliphatic rings. The lowest BCUT2D eigenvalue weighted by molar-refractivity contribution is -0.120. The average Bonchev–Trinajstić information content (AvgIpc) is 2.46. The van der Waals surface area contributed by atoms with Crippen LogP contribution in [0.1, 0.15) is 16.7 Å². The predicted octanol–water partition coefficient (Wildman–Crippen LogP) is 3.04. The summed E-state index contributed by atoms with van der Waals surface area (Å²) in [5.41, 5.74) is 3.35. The molecule has 0 radical (unpaired) electrons. The summed E-state index contributed by atoms with van der Waals surface area (Å²) < 4.78 is 5.68. The van der Waals surface area contributed by atoms with E-state index in [4.69, 9.17) is 4.74 Å². The minimum Gasteiger partial charge on any atom is -0.491 e. The fraction of sp³-hybridized carbons (Fsp3) is 0.278. The quantitative estimate of drug-likeness (QED) is 0.828. The first-order valence-electron chi connectivity index (χ1n) is 7.16. The van der Waals surface area contributed by atoms with Crippen molar-refractivity contribution in [3.8, 4) is 5.75 Å². The molecule has 2 rings (SSSR count). The highest BCUT2D eigenvalue weighted by molar-refractivity contribution is 5.78. The van der Waals surface area contributed by atoms with Gasteiger partial charge in [0.05, 0.1) is 13.0 Å². The summed E-state index contributed by atoms with van der Waals surface area (Å²) in [5, 5.41) is 2.87. The summed E-state index contributed by atoms with van der Waals surface area (Å²) in [6.07, 6.45) is 0.407. The molecule has 0 atom stereocenters. The second-order valence-electron chi connectivity index (χ2n) is 5.13. The Morgan fingerprint density at radius 2 is 1.86 bits per heavy atom. The van der Waals surface area contributed by atoms with Crippen molar-refractivity contribution >= 4 is 5.91 Å². The van der Waals surface area contributed by atoms with Crippen molar-refractivity contribution in [3.05, 3.63) is 65.2 Å². The van der Waals surface area contributed by atoms with E-state index in [1.165, 1.54) is 5.56 Å². The van der Waals surface area contributed by atoms with E-state index in [1.54, 1.807) is 0 Å². The summed E-state index contributed by atoms with van der Waals surface area (Å²) in [6, 6.07) is 15.8. The van der Waals surface area contributed by atoms with Crippen molar-refractivity contribution < 1.29 is 9.53 Å². The molecule has 0 aliphatic carbocycles. The van der Waals surface area contributed by atoms with Gasteiger partial charge in [0.1, 0.15) is 12.4 Å². The maximum Gasteiger partial charge on any atom is 0.224 e. The van der Waals surface area contributed by atoms with Gasteiger partial charge in [0.15, 0.2) is 0 Å². The molecule has 0 unspecified atom stereocenters. The molecule has 0 aliphatic heterocycles. The van der Waals surface area contributed by atoms with E-state index in [0.29, 0.717) is 19.6 Å². The van der Waals surface area contributed by atoms with Gasteiger partial charge in [-0.3, -0.25) is 4.79 Å². The third-order valence-corrected chi connectivity index (χ3v) is 3.22. The molecule has 3 heteroatoms. The number of hydrogen-bond donors (Lipinski definition) is 1. The van der Waals surface area contributed by atoms with Gasteiger partial charge < -0.3 is 10.1 Å². The second kappa shape index (κ2) is 7.48. The van der Waals surface area contributed by atoms with Crippen molar-refractivity contribution in [2.75, 3.05) is 13.2 Å². The number of ether oxygens (including phenoxy) is 1. The predicted molar refractivity (Wildman–Crippen MR) is 84.6 cm³/mol. The Morgan fingerprint density at radius 1 is 1.10 bits per heavy atom. The summed E-state index contributed by atoms with van der Waals surface area (Å²) >= 11 is 0. The maximum atomic E-state index is 11.8. The molecule has 0 saturated heterocycles. The first-order valence-corrected chi connectivity index (χ1v) is 7.16. The second-order valence-corrected chi connectivity index (χ2v) is 5.13. The topological polar surface area (TPSA) is 38.3 Å². The molecule has 0 bridgehead atoms. The van der Waals surface area contributed by atoms with Crippen molar-refractivity contribution in [1.82, 2.24) is 5.32 Å². The number of hydrogen-bond acceptors (Lipinski definition) is 2. The zero-order chi connectivity index (χ0) is 15.1. The summed E-state index contributed by atoms with van der Waals surface area (Å²) in [4.78, 5) is 11.8. The van der Waals surface area contributed by atoms with Gasteiger partial charge in [-0.2, -0.15) is 0 Å². The van der Waals surface area contributed by atoms with Gasteiger partial charge in [0, 0.05) is 0 Å². The van der Waals surface area contributed by atoms with Crippen LogP contribution in [0.15, 0.2) is 48.5 Å². The molecule has 3 nitrogen and oxygen atoms in total. The number of carbonyl (C=O) groups is 1. The number of nitrogens with one attached hydrogen (secondary N) is 1. The number of benzene rings is 2. The molecule has 0 heterocycles. The van der Waals surface area contributed by atoms with Crippen LogP contribution in [0.5, 0.6) is 5.75 Å². The van der Waals surface area contributed by atoms with E-state index in [-0.39, 0.29) is 5.91 Å². The number of amides is 1. The van der Waals surface area contributed by atoms with E-state index in [0.717, 1.165) is 16.9 Å². The lowest BCUT2D eigenvalue weighted by atomic mass is 10.1. The SMILES string of the molecule is Cc1ccc(OCCNC(=O)Cc2ccccc2)c(C)c1. The monoisotopic (exact) mass is 283 g/mol. The van der Waals surface area contributed by atoms with Gasteiger partial charge in [-0.1, -0.05) is 48.0 Å². The molecule has 0 spiro atoms. The lowest BCUT2D eigenvalue weighted by Crippen LogP contribution is -2.29. The molecule has 0 aromatic heterocycles. The van der Waals surface area contributed by atoms with Crippen LogP contribution in [0.2, 0.25) is 0 Å². The smallest absolute Gasteiger partial charge is 0.224 e. The standard InChI is InChI=1S/C18H21NO2/c1-14-8-9-17(15(2)12-14)21-11-10-19-18(20)13-16-6-4-3-5-7-16/h3-9,12H,10-11,13H2,1-2H3,(H,19,20). The Kier molecular flexibility index (Phi) is 5.38. The van der Waals surface area contributed by atoms with Gasteiger partial charge in [-0.25, -0.2) is 0 Å². The van der Waals surface area contributed by atoms with Crippen LogP contribution >= 0.6 is 0 Å². The molecule has 1 N–H and O–H groups in total. The highest BCUT2D eigenvalue weighted by Gasteiger charge is 2.03. The summed E-state index contributed by atoms with van der Waals surface area (Å²) in [6.45, 7) is 5.07. The minimum atomic E-state index is 0.0189. The van der Waals surface area contributed by atoms with Crippen molar-refractivity contribution in [1.29, 1.82) is 0 Å². The third kappa shape index (κ3) is 4.95. The molecule has 110 valence electrons. The Labute approximate surface area is 126 Å². The van der Waals surface area contributed by atoms with Gasteiger partial charge in [-0.15, -0.1) is 0 Å². The number of aryl methyl sites for hydroxylation is 2. The maximum absolute atomic E-state index is 11.8. The molecular weight excluding hydrogens is 262 g/mol. The first-order chi connectivity index (χ1) is 10.1. The van der Waals surface area contributed by atoms with Crippen molar-refractivity contribution in [3.63, 3.8) is 0 Å². The van der Waals surface area contributed by atoms with Crippen LogP contribution in [-0.4, -0.2) is 19.1 Å². The molecule has 21 heavy (non-hydrogen) atoms. The highest BCUT2D eigenvalue weighted by atomic mass is 16.5. The van der Waals surface area contributed by atoms with Crippen LogP contribution in [0.25, 0.3) is 0 Å². The summed E-state index contributed by atoms with van der Waals surface area (Å²) in [5.74, 6) is 0.892. The lowest BCUT2D eigenvalue weighted by Gasteiger charge is -2.10. The van der Waals surface area contributed by atoms with Crippen LogP contribution < -0.4 is 10.1 Å². The fourth-order valence-electron chi connectivity index (χ4n) is 2.16. The van der Waals surface area contributed by atoms with E-state index < -0.39 is 0 Å². The molecule has 1 amide bonds. The van der Waals surface area contributed by atoms with Crippen LogP contribution in [0, 0.1) is 13.8 Å². The van der Waals surface area contributed by atoms with E-state index in [1.807, 2.05) is 49.4 Å². The minimum absolute atomic E-state index is 0.0189. The van der Waals surface area contributed by atoms with Crippen LogP contribution in [0.4, 0.5) is 0 Å². The van der Waals surface area contributed by atoms with E-state index in [2.05, 4.69) is 18.3 Å². The Hall–Kier alpha value is -2.29. The number of carbonyl (C=O) groups excluding carboxylic acids is 1. The number of rotatable bonds is 6. The van der Waals surface area contributed by atoms with Crippen molar-refractivity contribution in [2.45, 2.75) is 20.3 Å². The van der Waals surface area contributed by atoms with Crippen LogP contribution in [-0.2, 0) is 11.2 Å².